The number of carbonyl (C=O) groups is 1. The first kappa shape index (κ1) is 27.9. The molecule has 0 bridgehead atoms. The van der Waals surface area contributed by atoms with Crippen molar-refractivity contribution in [3.8, 4) is 16.9 Å². The number of hydrogen-bond donors (Lipinski definition) is 1. The lowest BCUT2D eigenvalue weighted by atomic mass is 9.87. The third-order valence-electron chi connectivity index (χ3n) is 7.80. The number of nitrogens with zero attached hydrogens (tertiary/aromatic N) is 7. The molecule has 0 aliphatic carbocycles. The first-order chi connectivity index (χ1) is 20.0. The second-order valence-corrected chi connectivity index (χ2v) is 11.0. The highest BCUT2D eigenvalue weighted by molar-refractivity contribution is 6.04. The van der Waals surface area contributed by atoms with Crippen molar-refractivity contribution in [3.63, 3.8) is 0 Å². The number of halogens is 3. The minimum atomic E-state index is -4.69. The van der Waals surface area contributed by atoms with Crippen LogP contribution in [0, 0.1) is 19.8 Å². The van der Waals surface area contributed by atoms with Gasteiger partial charge in [0.2, 0.25) is 5.95 Å². The average molecular weight is 581 g/mol. The van der Waals surface area contributed by atoms with Gasteiger partial charge in [-0.25, -0.2) is 15.0 Å². The van der Waals surface area contributed by atoms with E-state index in [0.717, 1.165) is 29.3 Å². The van der Waals surface area contributed by atoms with Gasteiger partial charge in [0.05, 0.1) is 18.1 Å². The number of aryl methyl sites for hydroxylation is 3. The lowest BCUT2D eigenvalue weighted by molar-refractivity contribution is -0.140. The Labute approximate surface area is 240 Å². The number of imidazole rings is 1. The van der Waals surface area contributed by atoms with Crippen LogP contribution in [0.2, 0.25) is 0 Å². The van der Waals surface area contributed by atoms with Gasteiger partial charge in [-0.15, -0.1) is 0 Å². The average Bonchev–Trinajstić information content (AvgIpc) is 3.49. The zero-order valence-corrected chi connectivity index (χ0v) is 23.7. The van der Waals surface area contributed by atoms with E-state index in [1.807, 2.05) is 31.5 Å². The molecule has 10 nitrogen and oxygen atoms in total. The summed E-state index contributed by atoms with van der Waals surface area (Å²) in [5, 5.41) is 6.91. The number of ketones is 1. The minimum Gasteiger partial charge on any atom is -0.491 e. The van der Waals surface area contributed by atoms with E-state index in [-0.39, 0.29) is 34.8 Å². The summed E-state index contributed by atoms with van der Waals surface area (Å²) in [7, 11) is 3.35. The smallest absolute Gasteiger partial charge is 0.435 e. The molecule has 2 aliphatic heterocycles. The van der Waals surface area contributed by atoms with Gasteiger partial charge in [-0.1, -0.05) is 0 Å². The lowest BCUT2D eigenvalue weighted by Crippen LogP contribution is -2.57. The van der Waals surface area contributed by atoms with Crippen LogP contribution in [0.15, 0.2) is 36.8 Å². The Morgan fingerprint density at radius 2 is 1.86 bits per heavy atom. The highest BCUT2D eigenvalue weighted by Gasteiger charge is 2.40. The number of Topliss-reactive ketones (excluding diaryl/α,β-unsaturated/α-hetero) is 1. The molecule has 1 unspecified atom stereocenters. The maximum Gasteiger partial charge on any atom is 0.435 e. The third-order valence-corrected chi connectivity index (χ3v) is 7.80. The Bertz CT molecular complexity index is 1650. The Hall–Kier alpha value is -4.26. The molecule has 0 saturated carbocycles. The van der Waals surface area contributed by atoms with Crippen LogP contribution in [0.3, 0.4) is 0 Å². The van der Waals surface area contributed by atoms with Gasteiger partial charge in [0.1, 0.15) is 11.6 Å². The number of fused-ring (bicyclic) bond motifs is 1. The molecule has 1 saturated heterocycles. The molecule has 4 aromatic rings. The number of likely N-dealkylation sites (N-methyl/N-ethyl adjacent to an activating group) is 1. The van der Waals surface area contributed by atoms with Crippen molar-refractivity contribution < 1.29 is 22.7 Å². The Balaban J connectivity index is 1.37. The van der Waals surface area contributed by atoms with E-state index in [2.05, 4.69) is 25.3 Å². The largest absolute Gasteiger partial charge is 0.491 e. The van der Waals surface area contributed by atoms with Crippen LogP contribution in [0.1, 0.15) is 38.8 Å². The van der Waals surface area contributed by atoms with E-state index in [1.54, 1.807) is 24.5 Å². The Morgan fingerprint density at radius 3 is 2.55 bits per heavy atom. The highest BCUT2D eigenvalue weighted by Crippen LogP contribution is 2.44. The topological polar surface area (TPSA) is 103 Å². The van der Waals surface area contributed by atoms with Crippen LogP contribution >= 0.6 is 0 Å². The molecule has 13 heteroatoms. The molecule has 2 aliphatic rings. The van der Waals surface area contributed by atoms with Crippen molar-refractivity contribution >= 4 is 11.7 Å². The van der Waals surface area contributed by atoms with Crippen LogP contribution < -0.4 is 15.0 Å². The van der Waals surface area contributed by atoms with Crippen LogP contribution in [-0.2, 0) is 26.2 Å². The molecular formula is C29H31F3N8O2. The number of nitrogens with one attached hydrogen (secondary N) is 1. The maximum atomic E-state index is 14.0. The van der Waals surface area contributed by atoms with E-state index in [9.17, 15) is 18.0 Å². The predicted octanol–water partition coefficient (Wildman–Crippen LogP) is 3.60. The summed E-state index contributed by atoms with van der Waals surface area (Å²) in [6.45, 7) is 5.67. The molecule has 0 spiro atoms. The maximum absolute atomic E-state index is 14.0. The molecule has 0 radical (unpaired) electrons. The molecular weight excluding hydrogens is 549 g/mol. The van der Waals surface area contributed by atoms with Crippen molar-refractivity contribution in [2.24, 2.45) is 13.0 Å². The van der Waals surface area contributed by atoms with Crippen LogP contribution in [0.4, 0.5) is 19.1 Å². The van der Waals surface area contributed by atoms with Gasteiger partial charge in [-0.3, -0.25) is 9.48 Å². The van der Waals surface area contributed by atoms with E-state index < -0.39 is 17.8 Å². The van der Waals surface area contributed by atoms with E-state index >= 15 is 0 Å². The van der Waals surface area contributed by atoms with Crippen LogP contribution in [0.5, 0.6) is 5.75 Å². The molecule has 220 valence electrons. The summed E-state index contributed by atoms with van der Waals surface area (Å²) < 4.78 is 51.1. The number of ether oxygens (including phenoxy) is 1. The summed E-state index contributed by atoms with van der Waals surface area (Å²) in [6.07, 6.45) is 0.377. The van der Waals surface area contributed by atoms with Crippen LogP contribution in [0.25, 0.3) is 11.1 Å². The van der Waals surface area contributed by atoms with Gasteiger partial charge in [0.15, 0.2) is 11.5 Å². The number of anilines is 1. The lowest BCUT2D eigenvalue weighted by Gasteiger charge is -2.39. The van der Waals surface area contributed by atoms with Gasteiger partial charge in [0, 0.05) is 80.2 Å². The quantitative estimate of drug-likeness (QED) is 0.354. The Kier molecular flexibility index (Phi) is 7.00. The minimum absolute atomic E-state index is 0.0182. The fourth-order valence-electron chi connectivity index (χ4n) is 5.55. The monoisotopic (exact) mass is 580 g/mol. The van der Waals surface area contributed by atoms with Gasteiger partial charge >= 0.3 is 6.18 Å². The fraction of sp³-hybridized carbons (Fsp3) is 0.414. The molecule has 42 heavy (non-hydrogen) atoms. The number of aromatic nitrogens is 6. The third kappa shape index (κ3) is 5.24. The first-order valence-corrected chi connectivity index (χ1v) is 13.7. The number of rotatable bonds is 7. The zero-order valence-electron chi connectivity index (χ0n) is 23.7. The van der Waals surface area contributed by atoms with Crippen molar-refractivity contribution in [3.05, 3.63) is 70.8 Å². The summed E-state index contributed by atoms with van der Waals surface area (Å²) in [4.78, 5) is 29.6. The molecule has 0 amide bonds. The first-order valence-electron chi connectivity index (χ1n) is 13.7. The van der Waals surface area contributed by atoms with Crippen molar-refractivity contribution in [1.29, 1.82) is 0 Å². The normalized spacial score (nSPS) is 17.3. The van der Waals surface area contributed by atoms with Gasteiger partial charge in [-0.05, 0) is 44.7 Å². The van der Waals surface area contributed by atoms with Crippen molar-refractivity contribution in [2.75, 3.05) is 31.6 Å². The molecule has 1 aromatic carbocycles. The van der Waals surface area contributed by atoms with Gasteiger partial charge < -0.3 is 19.5 Å². The molecule has 5 heterocycles. The zero-order chi connectivity index (χ0) is 29.8. The van der Waals surface area contributed by atoms with Gasteiger partial charge in [-0.2, -0.15) is 18.3 Å². The second-order valence-electron chi connectivity index (χ2n) is 11.0. The van der Waals surface area contributed by atoms with Gasteiger partial charge in [0.25, 0.3) is 0 Å². The number of carbonyl (C=O) groups excluding carboxylic acids is 1. The molecule has 1 atom stereocenters. The fourth-order valence-corrected chi connectivity index (χ4v) is 5.55. The molecule has 1 fully saturated rings. The predicted molar refractivity (Wildman–Crippen MR) is 149 cm³/mol. The summed E-state index contributed by atoms with van der Waals surface area (Å²) in [5.41, 5.74) is 1.43. The molecule has 1 N–H and O–H groups in total. The molecule has 6 rings (SSSR count). The Morgan fingerprint density at radius 1 is 1.10 bits per heavy atom. The van der Waals surface area contributed by atoms with Crippen LogP contribution in [-0.4, -0.2) is 67.9 Å². The van der Waals surface area contributed by atoms with Crippen molar-refractivity contribution in [2.45, 2.75) is 39.0 Å². The SMILES string of the molecule is CNC1CN(c2nc(C)cc(CC3COc4c(cc(Cn5ccnc5C)cc4-c4cn(C)nc4C(F)(F)F)C3=O)n2)C1. The molecule has 3 aromatic heterocycles. The van der Waals surface area contributed by atoms with E-state index in [1.165, 1.54) is 13.2 Å². The second kappa shape index (κ2) is 10.5. The van der Waals surface area contributed by atoms with Crippen molar-refractivity contribution in [1.82, 2.24) is 34.6 Å². The highest BCUT2D eigenvalue weighted by atomic mass is 19.4. The number of benzene rings is 1. The summed E-state index contributed by atoms with van der Waals surface area (Å²) in [6, 6.07) is 5.60. The number of alkyl halides is 3. The summed E-state index contributed by atoms with van der Waals surface area (Å²) >= 11 is 0. The summed E-state index contributed by atoms with van der Waals surface area (Å²) in [5.74, 6) is 0.744. The van der Waals surface area contributed by atoms with E-state index in [0.29, 0.717) is 36.2 Å². The van der Waals surface area contributed by atoms with E-state index in [4.69, 9.17) is 9.72 Å². The standard InChI is InChI=1S/C29H31F3N8O2/c1-16-7-20(36-28(35-16)40-12-21(13-40)33-3)10-19-15-42-26-22(24-14-38(4)37-27(24)29(30,31)32)8-18(9-23(26)25(19)41)11-39-6-5-34-17(39)2/h5-9,14,19,21,33H,10-13,15H2,1-4H3. The number of hydrogen-bond acceptors (Lipinski definition) is 8.